The standard InChI is InChI=1S/C17H18N4O4/c1-20-10-12(9-18-20)11-25-15-5-3-2-4-13(15)19-14-8-16(23)21(6-7-22)17(14)24/h2-5,8-10,19,22H,6-7,11H2,1H3. The Morgan fingerprint density at radius 2 is 2.08 bits per heavy atom. The lowest BCUT2D eigenvalue weighted by Gasteiger charge is -2.15. The third-order valence-corrected chi connectivity index (χ3v) is 3.64. The molecule has 0 atom stereocenters. The van der Waals surface area contributed by atoms with Gasteiger partial charge in [-0.25, -0.2) is 0 Å². The Kier molecular flexibility index (Phi) is 4.80. The van der Waals surface area contributed by atoms with Gasteiger partial charge in [0.1, 0.15) is 18.1 Å². The van der Waals surface area contributed by atoms with Crippen molar-refractivity contribution >= 4 is 17.5 Å². The summed E-state index contributed by atoms with van der Waals surface area (Å²) in [6.07, 6.45) is 4.78. The second kappa shape index (κ2) is 7.18. The zero-order chi connectivity index (χ0) is 17.8. The van der Waals surface area contributed by atoms with Gasteiger partial charge in [0.15, 0.2) is 0 Å². The molecule has 8 nitrogen and oxygen atoms in total. The number of para-hydroxylation sites is 2. The first kappa shape index (κ1) is 16.7. The predicted octanol–water partition coefficient (Wildman–Crippen LogP) is 0.656. The molecule has 2 heterocycles. The maximum atomic E-state index is 12.2. The minimum Gasteiger partial charge on any atom is -0.487 e. The molecule has 0 bridgehead atoms. The van der Waals surface area contributed by atoms with E-state index in [1.807, 2.05) is 19.3 Å². The van der Waals surface area contributed by atoms with Crippen molar-refractivity contribution in [1.82, 2.24) is 14.7 Å². The highest BCUT2D eigenvalue weighted by atomic mass is 16.5. The third kappa shape index (κ3) is 3.69. The average molecular weight is 342 g/mol. The zero-order valence-corrected chi connectivity index (χ0v) is 13.7. The minimum absolute atomic E-state index is 0.0293. The second-order valence-electron chi connectivity index (χ2n) is 5.51. The van der Waals surface area contributed by atoms with E-state index < -0.39 is 11.8 Å². The molecular formula is C17H18N4O4. The topological polar surface area (TPSA) is 96.7 Å². The number of carbonyl (C=O) groups excluding carboxylic acids is 2. The lowest BCUT2D eigenvalue weighted by atomic mass is 10.2. The number of hydrogen-bond acceptors (Lipinski definition) is 6. The largest absolute Gasteiger partial charge is 0.487 e. The van der Waals surface area contributed by atoms with E-state index in [2.05, 4.69) is 10.4 Å². The molecule has 2 aromatic rings. The molecule has 2 N–H and O–H groups in total. The lowest BCUT2D eigenvalue weighted by Crippen LogP contribution is -2.34. The molecule has 3 rings (SSSR count). The maximum Gasteiger partial charge on any atom is 0.277 e. The molecular weight excluding hydrogens is 324 g/mol. The predicted molar refractivity (Wildman–Crippen MR) is 89.5 cm³/mol. The van der Waals surface area contributed by atoms with Gasteiger partial charge in [0.25, 0.3) is 11.8 Å². The number of nitrogens with zero attached hydrogens (tertiary/aromatic N) is 3. The summed E-state index contributed by atoms with van der Waals surface area (Å²) in [5.74, 6) is -0.371. The van der Waals surface area contributed by atoms with Gasteiger partial charge < -0.3 is 15.2 Å². The Hall–Kier alpha value is -3.13. The monoisotopic (exact) mass is 342 g/mol. The van der Waals surface area contributed by atoms with Crippen molar-refractivity contribution < 1.29 is 19.4 Å². The van der Waals surface area contributed by atoms with E-state index in [4.69, 9.17) is 9.84 Å². The first-order valence-corrected chi connectivity index (χ1v) is 7.73. The molecule has 0 saturated carbocycles. The van der Waals surface area contributed by atoms with E-state index in [1.54, 1.807) is 29.1 Å². The van der Waals surface area contributed by atoms with E-state index in [1.165, 1.54) is 6.08 Å². The van der Waals surface area contributed by atoms with Gasteiger partial charge in [0.2, 0.25) is 0 Å². The van der Waals surface area contributed by atoms with Crippen LogP contribution in [0.2, 0.25) is 0 Å². The van der Waals surface area contributed by atoms with Crippen LogP contribution in [-0.2, 0) is 23.2 Å². The van der Waals surface area contributed by atoms with E-state index in [-0.39, 0.29) is 18.8 Å². The number of aromatic nitrogens is 2. The molecule has 25 heavy (non-hydrogen) atoms. The molecule has 0 spiro atoms. The SMILES string of the molecule is Cn1cc(COc2ccccc2NC2=CC(=O)N(CCO)C2=O)cn1. The Morgan fingerprint density at radius 1 is 1.28 bits per heavy atom. The van der Waals surface area contributed by atoms with Crippen molar-refractivity contribution in [3.05, 3.63) is 54.0 Å². The first-order valence-electron chi connectivity index (χ1n) is 7.73. The van der Waals surface area contributed by atoms with Crippen LogP contribution in [-0.4, -0.2) is 44.8 Å². The summed E-state index contributed by atoms with van der Waals surface area (Å²) in [5, 5.41) is 16.0. The third-order valence-electron chi connectivity index (χ3n) is 3.64. The fourth-order valence-electron chi connectivity index (χ4n) is 2.46. The molecule has 0 fully saturated rings. The molecule has 0 aliphatic carbocycles. The quantitative estimate of drug-likeness (QED) is 0.718. The van der Waals surface area contributed by atoms with Crippen LogP contribution in [0.25, 0.3) is 0 Å². The highest BCUT2D eigenvalue weighted by molar-refractivity contribution is 6.17. The van der Waals surface area contributed by atoms with Gasteiger partial charge in [-0.15, -0.1) is 0 Å². The van der Waals surface area contributed by atoms with Crippen LogP contribution in [0.3, 0.4) is 0 Å². The number of ether oxygens (including phenoxy) is 1. The fourth-order valence-corrected chi connectivity index (χ4v) is 2.46. The minimum atomic E-state index is -0.471. The van der Waals surface area contributed by atoms with Crippen molar-refractivity contribution in [3.8, 4) is 5.75 Å². The van der Waals surface area contributed by atoms with Crippen LogP contribution in [0.1, 0.15) is 5.56 Å². The van der Waals surface area contributed by atoms with E-state index in [9.17, 15) is 9.59 Å². The Bertz CT molecular complexity index is 828. The number of nitrogens with one attached hydrogen (secondary N) is 1. The molecule has 2 amide bonds. The van der Waals surface area contributed by atoms with Gasteiger partial charge in [-0.05, 0) is 12.1 Å². The average Bonchev–Trinajstić information content (AvgIpc) is 3.13. The summed E-state index contributed by atoms with van der Waals surface area (Å²) in [6.45, 7) is 0.0248. The van der Waals surface area contributed by atoms with Gasteiger partial charge in [0, 0.05) is 24.9 Å². The van der Waals surface area contributed by atoms with Crippen LogP contribution < -0.4 is 10.1 Å². The summed E-state index contributed by atoms with van der Waals surface area (Å²) in [6, 6.07) is 7.14. The number of carbonyl (C=O) groups is 2. The lowest BCUT2D eigenvalue weighted by molar-refractivity contribution is -0.137. The molecule has 1 aliphatic heterocycles. The number of imide groups is 1. The van der Waals surface area contributed by atoms with E-state index in [0.717, 1.165) is 10.5 Å². The molecule has 0 radical (unpaired) electrons. The highest BCUT2D eigenvalue weighted by Crippen LogP contribution is 2.27. The Morgan fingerprint density at radius 3 is 2.80 bits per heavy atom. The number of β-amino-alcohol motifs (C(OH)–C–C–N with tert-alkyl or cyclic N) is 1. The van der Waals surface area contributed by atoms with Crippen LogP contribution in [0.4, 0.5) is 5.69 Å². The summed E-state index contributed by atoms with van der Waals surface area (Å²) < 4.78 is 7.48. The van der Waals surface area contributed by atoms with Crippen LogP contribution >= 0.6 is 0 Å². The smallest absolute Gasteiger partial charge is 0.277 e. The van der Waals surface area contributed by atoms with Crippen molar-refractivity contribution in [2.24, 2.45) is 7.05 Å². The van der Waals surface area contributed by atoms with Crippen LogP contribution in [0.5, 0.6) is 5.75 Å². The molecule has 1 aliphatic rings. The molecule has 0 unspecified atom stereocenters. The van der Waals surface area contributed by atoms with Crippen molar-refractivity contribution in [3.63, 3.8) is 0 Å². The number of aliphatic hydroxyl groups is 1. The first-order chi connectivity index (χ1) is 12.1. The number of aryl methyl sites for hydroxylation is 1. The van der Waals surface area contributed by atoms with Crippen molar-refractivity contribution in [2.45, 2.75) is 6.61 Å². The number of aliphatic hydroxyl groups excluding tert-OH is 1. The van der Waals surface area contributed by atoms with Crippen LogP contribution in [0.15, 0.2) is 48.4 Å². The maximum absolute atomic E-state index is 12.2. The van der Waals surface area contributed by atoms with Gasteiger partial charge in [-0.3, -0.25) is 19.2 Å². The fraction of sp³-hybridized carbons (Fsp3) is 0.235. The van der Waals surface area contributed by atoms with Gasteiger partial charge in [0.05, 0.1) is 25.0 Å². The summed E-state index contributed by atoms with van der Waals surface area (Å²) in [4.78, 5) is 25.0. The van der Waals surface area contributed by atoms with Gasteiger partial charge in [-0.2, -0.15) is 5.10 Å². The number of amides is 2. The molecule has 130 valence electrons. The molecule has 1 aromatic heterocycles. The normalized spacial score (nSPS) is 14.0. The summed E-state index contributed by atoms with van der Waals surface area (Å²) in [7, 11) is 1.83. The van der Waals surface area contributed by atoms with E-state index >= 15 is 0 Å². The summed E-state index contributed by atoms with van der Waals surface area (Å²) in [5.41, 5.74) is 1.64. The number of rotatable bonds is 7. The molecule has 8 heteroatoms. The Balaban J connectivity index is 1.72. The van der Waals surface area contributed by atoms with Crippen LogP contribution in [0, 0.1) is 0 Å². The molecule has 1 aromatic carbocycles. The zero-order valence-electron chi connectivity index (χ0n) is 13.7. The van der Waals surface area contributed by atoms with Gasteiger partial charge >= 0.3 is 0 Å². The second-order valence-corrected chi connectivity index (χ2v) is 5.51. The Labute approximate surface area is 144 Å². The van der Waals surface area contributed by atoms with Crippen molar-refractivity contribution in [2.75, 3.05) is 18.5 Å². The van der Waals surface area contributed by atoms with Crippen molar-refractivity contribution in [1.29, 1.82) is 0 Å². The summed E-state index contributed by atoms with van der Waals surface area (Å²) >= 11 is 0. The number of benzene rings is 1. The number of hydrogen-bond donors (Lipinski definition) is 2. The molecule has 0 saturated heterocycles. The number of anilines is 1. The van der Waals surface area contributed by atoms with Gasteiger partial charge in [-0.1, -0.05) is 12.1 Å². The highest BCUT2D eigenvalue weighted by Gasteiger charge is 2.30. The van der Waals surface area contributed by atoms with E-state index in [0.29, 0.717) is 18.0 Å².